The molecule has 132 valence electrons. The number of fused-ring (bicyclic) bond motifs is 1. The molecular weight excluding hydrogens is 446 g/mol. The summed E-state index contributed by atoms with van der Waals surface area (Å²) >= 11 is 6.96. The molecule has 0 N–H and O–H groups in total. The van der Waals surface area contributed by atoms with Gasteiger partial charge in [-0.05, 0) is 49.2 Å². The molecule has 0 atom stereocenters. The zero-order chi connectivity index (χ0) is 17.5. The maximum Gasteiger partial charge on any atom is 0.143 e. The largest absolute Gasteiger partial charge is 0.494 e. The first-order valence-electron chi connectivity index (χ1n) is 8.56. The van der Waals surface area contributed by atoms with E-state index in [1.807, 2.05) is 30.3 Å². The van der Waals surface area contributed by atoms with E-state index in [-0.39, 0.29) is 0 Å². The Morgan fingerprint density at radius 3 is 2.60 bits per heavy atom. The van der Waals surface area contributed by atoms with Gasteiger partial charge in [0.25, 0.3) is 0 Å². The Hall–Kier alpha value is -1.33. The highest BCUT2D eigenvalue weighted by Gasteiger charge is 2.17. The Kier molecular flexibility index (Phi) is 6.93. The maximum absolute atomic E-state index is 5.82. The standard InChI is InChI=1S/C20H21Br2NO2/c21-11-3-1-2-4-12-24-18-8-5-15(6-9-18)20-19-10-7-17(22)13-16(19)14-25-23-20/h5-10,13H,1-4,11-12,14H2. The molecule has 0 saturated heterocycles. The summed E-state index contributed by atoms with van der Waals surface area (Å²) in [4.78, 5) is 5.39. The minimum atomic E-state index is 0.508. The molecule has 5 heteroatoms. The fraction of sp³-hybridized carbons (Fsp3) is 0.350. The smallest absolute Gasteiger partial charge is 0.143 e. The van der Waals surface area contributed by atoms with E-state index in [0.29, 0.717) is 6.61 Å². The Labute approximate surface area is 165 Å². The van der Waals surface area contributed by atoms with Gasteiger partial charge >= 0.3 is 0 Å². The zero-order valence-corrected chi connectivity index (χ0v) is 17.2. The molecule has 0 saturated carbocycles. The number of hydrogen-bond donors (Lipinski definition) is 0. The van der Waals surface area contributed by atoms with Crippen LogP contribution in [0.5, 0.6) is 5.75 Å². The molecule has 0 aliphatic carbocycles. The van der Waals surface area contributed by atoms with Crippen LogP contribution in [0.15, 0.2) is 52.1 Å². The van der Waals surface area contributed by atoms with E-state index >= 15 is 0 Å². The van der Waals surface area contributed by atoms with Crippen molar-refractivity contribution in [2.24, 2.45) is 5.16 Å². The third-order valence-corrected chi connectivity index (χ3v) is 5.18. The molecule has 2 aromatic carbocycles. The van der Waals surface area contributed by atoms with Gasteiger partial charge in [-0.2, -0.15) is 0 Å². The highest BCUT2D eigenvalue weighted by Crippen LogP contribution is 2.25. The average molecular weight is 467 g/mol. The first-order valence-corrected chi connectivity index (χ1v) is 10.5. The number of nitrogens with zero attached hydrogens (tertiary/aromatic N) is 1. The average Bonchev–Trinajstić information content (AvgIpc) is 2.64. The monoisotopic (exact) mass is 465 g/mol. The molecule has 3 rings (SSSR count). The van der Waals surface area contributed by atoms with E-state index < -0.39 is 0 Å². The Morgan fingerprint density at radius 1 is 1.00 bits per heavy atom. The first kappa shape index (κ1) is 18.5. The summed E-state index contributed by atoms with van der Waals surface area (Å²) in [6.07, 6.45) is 4.79. The lowest BCUT2D eigenvalue weighted by atomic mass is 9.97. The number of benzene rings is 2. The fourth-order valence-electron chi connectivity index (χ4n) is 2.79. The Bertz CT molecular complexity index is 729. The van der Waals surface area contributed by atoms with Crippen LogP contribution in [0.2, 0.25) is 0 Å². The van der Waals surface area contributed by atoms with Gasteiger partial charge in [0.05, 0.1) is 6.61 Å². The molecule has 0 fully saturated rings. The molecular formula is C20H21Br2NO2. The molecule has 0 spiro atoms. The third kappa shape index (κ3) is 5.08. The number of oxime groups is 1. The minimum absolute atomic E-state index is 0.508. The van der Waals surface area contributed by atoms with Gasteiger partial charge in [0.15, 0.2) is 0 Å². The summed E-state index contributed by atoms with van der Waals surface area (Å²) in [5.41, 5.74) is 4.17. The van der Waals surface area contributed by atoms with Gasteiger partial charge in [-0.25, -0.2) is 0 Å². The fourth-order valence-corrected chi connectivity index (χ4v) is 3.59. The van der Waals surface area contributed by atoms with Crippen LogP contribution in [-0.2, 0) is 11.4 Å². The molecule has 0 aromatic heterocycles. The molecule has 0 unspecified atom stereocenters. The molecule has 1 aliphatic rings. The second-order valence-electron chi connectivity index (χ2n) is 5.99. The lowest BCUT2D eigenvalue weighted by Crippen LogP contribution is -2.13. The SMILES string of the molecule is BrCCCCCCOc1ccc(C2=NOCc3cc(Br)ccc32)cc1. The summed E-state index contributed by atoms with van der Waals surface area (Å²) in [6, 6.07) is 14.3. The van der Waals surface area contributed by atoms with Gasteiger partial charge in [0.1, 0.15) is 18.1 Å². The summed E-state index contributed by atoms with van der Waals surface area (Å²) in [6.45, 7) is 1.27. The van der Waals surface area contributed by atoms with Crippen LogP contribution in [0.1, 0.15) is 42.4 Å². The predicted molar refractivity (Wildman–Crippen MR) is 109 cm³/mol. The molecule has 0 amide bonds. The van der Waals surface area contributed by atoms with Crippen molar-refractivity contribution in [1.82, 2.24) is 0 Å². The van der Waals surface area contributed by atoms with Crippen molar-refractivity contribution in [1.29, 1.82) is 0 Å². The quantitative estimate of drug-likeness (QED) is 0.349. The van der Waals surface area contributed by atoms with Gasteiger partial charge in [0.2, 0.25) is 0 Å². The van der Waals surface area contributed by atoms with E-state index in [4.69, 9.17) is 9.57 Å². The van der Waals surface area contributed by atoms with Gasteiger partial charge < -0.3 is 9.57 Å². The van der Waals surface area contributed by atoms with Crippen LogP contribution in [0.3, 0.4) is 0 Å². The summed E-state index contributed by atoms with van der Waals surface area (Å²) in [5.74, 6) is 0.901. The van der Waals surface area contributed by atoms with Crippen LogP contribution in [0.4, 0.5) is 0 Å². The van der Waals surface area contributed by atoms with Crippen molar-refractivity contribution in [3.8, 4) is 5.75 Å². The lowest BCUT2D eigenvalue weighted by molar-refractivity contribution is 0.126. The number of hydrogen-bond acceptors (Lipinski definition) is 3. The number of rotatable bonds is 8. The number of halogens is 2. The van der Waals surface area contributed by atoms with Crippen LogP contribution >= 0.6 is 31.9 Å². The highest BCUT2D eigenvalue weighted by atomic mass is 79.9. The Balaban J connectivity index is 1.60. The van der Waals surface area contributed by atoms with Gasteiger partial charge in [-0.3, -0.25) is 0 Å². The molecule has 25 heavy (non-hydrogen) atoms. The highest BCUT2D eigenvalue weighted by molar-refractivity contribution is 9.10. The molecule has 1 heterocycles. The van der Waals surface area contributed by atoms with Crippen LogP contribution in [0.25, 0.3) is 0 Å². The topological polar surface area (TPSA) is 30.8 Å². The van der Waals surface area contributed by atoms with Crippen molar-refractivity contribution in [3.05, 3.63) is 63.6 Å². The van der Waals surface area contributed by atoms with Crippen molar-refractivity contribution < 1.29 is 9.57 Å². The van der Waals surface area contributed by atoms with E-state index in [9.17, 15) is 0 Å². The number of unbranched alkanes of at least 4 members (excludes halogenated alkanes) is 3. The van der Waals surface area contributed by atoms with Gasteiger partial charge in [-0.15, -0.1) is 0 Å². The van der Waals surface area contributed by atoms with E-state index in [0.717, 1.165) is 51.0 Å². The predicted octanol–water partition coefficient (Wildman–Crippen LogP) is 6.07. The van der Waals surface area contributed by atoms with Crippen molar-refractivity contribution >= 4 is 37.6 Å². The molecule has 0 bridgehead atoms. The maximum atomic E-state index is 5.82. The summed E-state index contributed by atoms with van der Waals surface area (Å²) in [7, 11) is 0. The van der Waals surface area contributed by atoms with E-state index in [2.05, 4.69) is 49.1 Å². The van der Waals surface area contributed by atoms with E-state index in [1.165, 1.54) is 19.3 Å². The normalized spacial score (nSPS) is 13.0. The van der Waals surface area contributed by atoms with Crippen LogP contribution in [-0.4, -0.2) is 17.6 Å². The van der Waals surface area contributed by atoms with Crippen molar-refractivity contribution in [2.45, 2.75) is 32.3 Å². The molecule has 0 radical (unpaired) electrons. The number of alkyl halides is 1. The van der Waals surface area contributed by atoms with Gasteiger partial charge in [0, 0.05) is 26.5 Å². The zero-order valence-electron chi connectivity index (χ0n) is 14.0. The van der Waals surface area contributed by atoms with Crippen molar-refractivity contribution in [3.63, 3.8) is 0 Å². The second kappa shape index (κ2) is 9.39. The second-order valence-corrected chi connectivity index (χ2v) is 7.70. The van der Waals surface area contributed by atoms with E-state index in [1.54, 1.807) is 0 Å². The Morgan fingerprint density at radius 2 is 1.80 bits per heavy atom. The number of ether oxygens (including phenoxy) is 1. The molecule has 1 aliphatic heterocycles. The summed E-state index contributed by atoms with van der Waals surface area (Å²) in [5, 5.41) is 5.35. The van der Waals surface area contributed by atoms with Crippen LogP contribution in [0, 0.1) is 0 Å². The lowest BCUT2D eigenvalue weighted by Gasteiger charge is -2.17. The van der Waals surface area contributed by atoms with Crippen LogP contribution < -0.4 is 4.74 Å². The third-order valence-electron chi connectivity index (χ3n) is 4.12. The minimum Gasteiger partial charge on any atom is -0.494 e. The molecule has 2 aromatic rings. The molecule has 3 nitrogen and oxygen atoms in total. The first-order chi connectivity index (χ1) is 12.3. The van der Waals surface area contributed by atoms with Gasteiger partial charge in [-0.1, -0.05) is 55.9 Å². The van der Waals surface area contributed by atoms with Crippen molar-refractivity contribution in [2.75, 3.05) is 11.9 Å². The summed E-state index contributed by atoms with van der Waals surface area (Å²) < 4.78 is 6.88.